The molecule has 0 atom stereocenters. The molecule has 0 saturated carbocycles. The minimum Gasteiger partial charge on any atom is -0.103 e. The summed E-state index contributed by atoms with van der Waals surface area (Å²) in [4.78, 5) is 0. The standard InChI is InChI=1S/C11H16/c1-5-6-7-11(4)9-8-10(2)3/h5,8-9H,1-2,4,6-7H2,3H3/b9-8-. The smallest absolute Gasteiger partial charge is 0.0250 e. The summed E-state index contributed by atoms with van der Waals surface area (Å²) in [6.07, 6.45) is 7.88. The van der Waals surface area contributed by atoms with Gasteiger partial charge < -0.3 is 0 Å². The summed E-state index contributed by atoms with van der Waals surface area (Å²) in [5.41, 5.74) is 2.19. The minimum absolute atomic E-state index is 0.993. The Labute approximate surface area is 69.6 Å². The van der Waals surface area contributed by atoms with Gasteiger partial charge in [-0.3, -0.25) is 0 Å². The highest BCUT2D eigenvalue weighted by Gasteiger charge is 1.85. The molecule has 0 aliphatic carbocycles. The van der Waals surface area contributed by atoms with Crippen LogP contribution >= 0.6 is 0 Å². The molecule has 0 N–H and O–H groups in total. The van der Waals surface area contributed by atoms with Gasteiger partial charge >= 0.3 is 0 Å². The van der Waals surface area contributed by atoms with Gasteiger partial charge in [-0.15, -0.1) is 6.58 Å². The van der Waals surface area contributed by atoms with Gasteiger partial charge in [0.2, 0.25) is 0 Å². The fourth-order valence-corrected chi connectivity index (χ4v) is 0.631. The van der Waals surface area contributed by atoms with Gasteiger partial charge in [0.25, 0.3) is 0 Å². The molecule has 60 valence electrons. The molecule has 0 aliphatic rings. The number of hydrogen-bond acceptors (Lipinski definition) is 0. The Kier molecular flexibility index (Phi) is 5.18. The zero-order chi connectivity index (χ0) is 8.69. The first kappa shape index (κ1) is 9.96. The first-order valence-electron chi connectivity index (χ1n) is 3.79. The quantitative estimate of drug-likeness (QED) is 0.412. The Bertz CT molecular complexity index is 182. The molecule has 0 nitrogen and oxygen atoms in total. The van der Waals surface area contributed by atoms with Crippen LogP contribution in [-0.4, -0.2) is 0 Å². The number of rotatable bonds is 5. The van der Waals surface area contributed by atoms with Crippen molar-refractivity contribution in [2.24, 2.45) is 0 Å². The van der Waals surface area contributed by atoms with Crippen molar-refractivity contribution in [3.8, 4) is 0 Å². The monoisotopic (exact) mass is 148 g/mol. The highest BCUT2D eigenvalue weighted by molar-refractivity contribution is 5.22. The Morgan fingerprint density at radius 3 is 2.36 bits per heavy atom. The van der Waals surface area contributed by atoms with E-state index in [1.54, 1.807) is 0 Å². The van der Waals surface area contributed by atoms with Gasteiger partial charge in [-0.05, 0) is 19.8 Å². The van der Waals surface area contributed by atoms with Crippen molar-refractivity contribution >= 4 is 0 Å². The van der Waals surface area contributed by atoms with E-state index in [0.29, 0.717) is 0 Å². The van der Waals surface area contributed by atoms with Crippen LogP contribution in [0, 0.1) is 0 Å². The zero-order valence-electron chi connectivity index (χ0n) is 7.27. The average molecular weight is 148 g/mol. The third kappa shape index (κ3) is 6.85. The van der Waals surface area contributed by atoms with Crippen LogP contribution in [0.4, 0.5) is 0 Å². The molecule has 11 heavy (non-hydrogen) atoms. The van der Waals surface area contributed by atoms with Crippen molar-refractivity contribution in [1.29, 1.82) is 0 Å². The second-order valence-electron chi connectivity index (χ2n) is 2.67. The van der Waals surface area contributed by atoms with E-state index in [4.69, 9.17) is 0 Å². The topological polar surface area (TPSA) is 0 Å². The Morgan fingerprint density at radius 2 is 1.91 bits per heavy atom. The van der Waals surface area contributed by atoms with Crippen molar-refractivity contribution in [3.05, 3.63) is 49.1 Å². The molecule has 0 heterocycles. The number of allylic oxidation sites excluding steroid dienone is 5. The summed E-state index contributed by atoms with van der Waals surface area (Å²) in [7, 11) is 0. The molecule has 0 rings (SSSR count). The summed E-state index contributed by atoms with van der Waals surface area (Å²) in [6.45, 7) is 13.3. The third-order valence-corrected chi connectivity index (χ3v) is 1.27. The van der Waals surface area contributed by atoms with E-state index in [-0.39, 0.29) is 0 Å². The molecule has 0 unspecified atom stereocenters. The summed E-state index contributed by atoms with van der Waals surface area (Å²) < 4.78 is 0. The summed E-state index contributed by atoms with van der Waals surface area (Å²) >= 11 is 0. The van der Waals surface area contributed by atoms with Crippen LogP contribution in [0.3, 0.4) is 0 Å². The summed E-state index contributed by atoms with van der Waals surface area (Å²) in [5.74, 6) is 0. The van der Waals surface area contributed by atoms with Gasteiger partial charge in [-0.2, -0.15) is 0 Å². The second kappa shape index (κ2) is 5.72. The molecular formula is C11H16. The van der Waals surface area contributed by atoms with Gasteiger partial charge in [0.05, 0.1) is 0 Å². The van der Waals surface area contributed by atoms with Crippen LogP contribution in [0.5, 0.6) is 0 Å². The van der Waals surface area contributed by atoms with Crippen molar-refractivity contribution in [2.75, 3.05) is 0 Å². The van der Waals surface area contributed by atoms with Crippen LogP contribution in [0.15, 0.2) is 49.1 Å². The van der Waals surface area contributed by atoms with Crippen LogP contribution in [0.1, 0.15) is 19.8 Å². The molecule has 0 aliphatic heterocycles. The first-order chi connectivity index (χ1) is 5.16. The van der Waals surface area contributed by atoms with Crippen LogP contribution < -0.4 is 0 Å². The maximum atomic E-state index is 3.89. The average Bonchev–Trinajstić information content (AvgIpc) is 1.97. The molecule has 0 aromatic carbocycles. The fourth-order valence-electron chi connectivity index (χ4n) is 0.631. The molecular weight excluding hydrogens is 132 g/mol. The lowest BCUT2D eigenvalue weighted by Crippen LogP contribution is -1.74. The van der Waals surface area contributed by atoms with E-state index in [1.165, 1.54) is 0 Å². The van der Waals surface area contributed by atoms with Crippen molar-refractivity contribution in [1.82, 2.24) is 0 Å². The lowest BCUT2D eigenvalue weighted by molar-refractivity contribution is 1.01. The third-order valence-electron chi connectivity index (χ3n) is 1.27. The highest BCUT2D eigenvalue weighted by Crippen LogP contribution is 2.05. The highest BCUT2D eigenvalue weighted by atomic mass is 13.9. The summed E-state index contributed by atoms with van der Waals surface area (Å²) in [6, 6.07) is 0. The van der Waals surface area contributed by atoms with Gasteiger partial charge in [0.15, 0.2) is 0 Å². The molecule has 0 aromatic rings. The van der Waals surface area contributed by atoms with Crippen molar-refractivity contribution in [3.63, 3.8) is 0 Å². The van der Waals surface area contributed by atoms with Gasteiger partial charge in [-0.25, -0.2) is 0 Å². The van der Waals surface area contributed by atoms with Gasteiger partial charge in [-0.1, -0.05) is 42.5 Å². The molecule has 0 spiro atoms. The van der Waals surface area contributed by atoms with Crippen LogP contribution in [-0.2, 0) is 0 Å². The second-order valence-corrected chi connectivity index (χ2v) is 2.67. The SMILES string of the molecule is C=CCCC(=C)/C=C\C(=C)C. The predicted molar refractivity (Wildman–Crippen MR) is 52.5 cm³/mol. The lowest BCUT2D eigenvalue weighted by Gasteiger charge is -1.94. The van der Waals surface area contributed by atoms with Crippen LogP contribution in [0.25, 0.3) is 0 Å². The predicted octanol–water partition coefficient (Wildman–Crippen LogP) is 3.64. The number of hydrogen-bond donors (Lipinski definition) is 0. The van der Waals surface area contributed by atoms with E-state index in [1.807, 2.05) is 25.2 Å². The molecule has 0 bridgehead atoms. The molecule has 0 saturated heterocycles. The van der Waals surface area contributed by atoms with E-state index in [0.717, 1.165) is 24.0 Å². The summed E-state index contributed by atoms with van der Waals surface area (Å²) in [5, 5.41) is 0. The van der Waals surface area contributed by atoms with E-state index >= 15 is 0 Å². The minimum atomic E-state index is 0.993. The van der Waals surface area contributed by atoms with E-state index in [9.17, 15) is 0 Å². The Morgan fingerprint density at radius 1 is 1.27 bits per heavy atom. The maximum absolute atomic E-state index is 3.89. The van der Waals surface area contributed by atoms with Crippen molar-refractivity contribution < 1.29 is 0 Å². The normalized spacial score (nSPS) is 9.91. The first-order valence-corrected chi connectivity index (χ1v) is 3.79. The van der Waals surface area contributed by atoms with Crippen molar-refractivity contribution in [2.45, 2.75) is 19.8 Å². The fraction of sp³-hybridized carbons (Fsp3) is 0.273. The van der Waals surface area contributed by atoms with Gasteiger partial charge in [0.1, 0.15) is 0 Å². The van der Waals surface area contributed by atoms with E-state index < -0.39 is 0 Å². The van der Waals surface area contributed by atoms with Gasteiger partial charge in [0, 0.05) is 0 Å². The Hall–Kier alpha value is -1.04. The Balaban J connectivity index is 3.68. The molecule has 0 fully saturated rings. The molecule has 0 radical (unpaired) electrons. The molecule has 0 heteroatoms. The lowest BCUT2D eigenvalue weighted by atomic mass is 10.1. The maximum Gasteiger partial charge on any atom is -0.0250 e. The zero-order valence-corrected chi connectivity index (χ0v) is 7.27. The molecule has 0 aromatic heterocycles. The van der Waals surface area contributed by atoms with E-state index in [2.05, 4.69) is 19.7 Å². The molecule has 0 amide bonds. The van der Waals surface area contributed by atoms with Crippen LogP contribution in [0.2, 0.25) is 0 Å². The largest absolute Gasteiger partial charge is 0.103 e.